The van der Waals surface area contributed by atoms with Gasteiger partial charge in [-0.15, -0.1) is 0 Å². The fraction of sp³-hybridized carbons (Fsp3) is 0.357. The maximum atomic E-state index is 11.6. The van der Waals surface area contributed by atoms with Crippen molar-refractivity contribution in [2.45, 2.75) is 19.8 Å². The number of amides is 1. The van der Waals surface area contributed by atoms with Crippen molar-refractivity contribution >= 4 is 23.9 Å². The number of methoxy groups -OCH3 is 1. The fourth-order valence-corrected chi connectivity index (χ4v) is 1.49. The van der Waals surface area contributed by atoms with Gasteiger partial charge in [0.05, 0.1) is 19.4 Å². The lowest BCUT2D eigenvalue weighted by Crippen LogP contribution is -2.18. The summed E-state index contributed by atoms with van der Waals surface area (Å²) in [4.78, 5) is 34.0. The lowest BCUT2D eigenvalue weighted by atomic mass is 10.1. The molecule has 1 rings (SSSR count). The number of carboxylic acids is 1. The second-order valence-electron chi connectivity index (χ2n) is 4.16. The molecule has 8 nitrogen and oxygen atoms in total. The van der Waals surface area contributed by atoms with E-state index < -0.39 is 18.2 Å². The van der Waals surface area contributed by atoms with Crippen molar-refractivity contribution in [3.63, 3.8) is 0 Å². The average Bonchev–Trinajstić information content (AvgIpc) is 2.48. The van der Waals surface area contributed by atoms with Gasteiger partial charge >= 0.3 is 18.2 Å². The van der Waals surface area contributed by atoms with E-state index in [0.29, 0.717) is 6.42 Å². The number of para-hydroxylation sites is 1. The molecule has 0 atom stereocenters. The van der Waals surface area contributed by atoms with Gasteiger partial charge in [-0.1, -0.05) is 19.4 Å². The van der Waals surface area contributed by atoms with Crippen molar-refractivity contribution in [2.24, 2.45) is 0 Å². The molecule has 0 aromatic heterocycles. The van der Waals surface area contributed by atoms with Crippen molar-refractivity contribution in [3.8, 4) is 5.75 Å². The zero-order valence-electron chi connectivity index (χ0n) is 12.3. The lowest BCUT2D eigenvalue weighted by molar-refractivity contribution is 0.0691. The molecule has 1 aromatic carbocycles. The second kappa shape index (κ2) is 8.50. The van der Waals surface area contributed by atoms with Crippen molar-refractivity contribution in [2.75, 3.05) is 19.0 Å². The Hall–Kier alpha value is -2.77. The minimum Gasteiger partial charge on any atom is -0.478 e. The first-order valence-electron chi connectivity index (χ1n) is 6.55. The van der Waals surface area contributed by atoms with Crippen LogP contribution in [0.3, 0.4) is 0 Å². The molecule has 0 fully saturated rings. The quantitative estimate of drug-likeness (QED) is 0.472. The van der Waals surface area contributed by atoms with Crippen LogP contribution in [0.5, 0.6) is 5.75 Å². The highest BCUT2D eigenvalue weighted by atomic mass is 16.7. The van der Waals surface area contributed by atoms with Gasteiger partial charge in [0.2, 0.25) is 0 Å². The number of hydrogen-bond donors (Lipinski definition) is 2. The molecule has 0 saturated carbocycles. The van der Waals surface area contributed by atoms with Crippen LogP contribution in [-0.4, -0.2) is 37.0 Å². The van der Waals surface area contributed by atoms with E-state index in [1.165, 1.54) is 18.2 Å². The van der Waals surface area contributed by atoms with Crippen LogP contribution in [0.1, 0.15) is 30.1 Å². The molecule has 1 amide bonds. The van der Waals surface area contributed by atoms with Gasteiger partial charge in [0.15, 0.2) is 5.75 Å². The van der Waals surface area contributed by atoms with E-state index in [9.17, 15) is 14.4 Å². The van der Waals surface area contributed by atoms with E-state index in [-0.39, 0.29) is 23.6 Å². The lowest BCUT2D eigenvalue weighted by Gasteiger charge is -2.13. The number of carbonyl (C=O) groups excluding carboxylic acids is 2. The number of carboxylic acid groups (broad SMARTS) is 1. The Labute approximate surface area is 127 Å². The van der Waals surface area contributed by atoms with Crippen LogP contribution in [0.25, 0.3) is 0 Å². The standard InChI is InChI=1S/C14H17NO7/c1-3-4-8-21-13(18)15-10-7-5-6-9(12(16)17)11(10)22-14(19)20-2/h5-7H,3-4,8H2,1-2H3,(H,15,18)(H,16,17). The molecule has 22 heavy (non-hydrogen) atoms. The third kappa shape index (κ3) is 4.97. The monoisotopic (exact) mass is 311 g/mol. The highest BCUT2D eigenvalue weighted by Gasteiger charge is 2.20. The molecule has 0 unspecified atom stereocenters. The van der Waals surface area contributed by atoms with E-state index in [4.69, 9.17) is 14.6 Å². The summed E-state index contributed by atoms with van der Waals surface area (Å²) >= 11 is 0. The summed E-state index contributed by atoms with van der Waals surface area (Å²) < 4.78 is 14.0. The minimum atomic E-state index is -1.32. The highest BCUT2D eigenvalue weighted by Crippen LogP contribution is 2.29. The van der Waals surface area contributed by atoms with Crippen molar-refractivity contribution in [1.82, 2.24) is 0 Å². The van der Waals surface area contributed by atoms with E-state index in [1.54, 1.807) is 0 Å². The van der Waals surface area contributed by atoms with Crippen molar-refractivity contribution in [3.05, 3.63) is 23.8 Å². The topological polar surface area (TPSA) is 111 Å². The molecule has 0 spiro atoms. The first-order chi connectivity index (χ1) is 10.5. The molecule has 0 aliphatic heterocycles. The Bertz CT molecular complexity index is 556. The van der Waals surface area contributed by atoms with Crippen LogP contribution >= 0.6 is 0 Å². The number of unbranched alkanes of at least 4 members (excludes halogenated alkanes) is 1. The summed E-state index contributed by atoms with van der Waals surface area (Å²) in [5, 5.41) is 11.4. The molecule has 0 radical (unpaired) electrons. The fourth-order valence-electron chi connectivity index (χ4n) is 1.49. The van der Waals surface area contributed by atoms with Crippen LogP contribution in [0, 0.1) is 0 Å². The summed E-state index contributed by atoms with van der Waals surface area (Å²) in [7, 11) is 1.08. The molecule has 0 saturated heterocycles. The van der Waals surface area contributed by atoms with Gasteiger partial charge in [-0.2, -0.15) is 0 Å². The largest absolute Gasteiger partial charge is 0.513 e. The molecule has 1 aromatic rings. The van der Waals surface area contributed by atoms with Gasteiger partial charge in [-0.3, -0.25) is 5.32 Å². The Morgan fingerprint density at radius 1 is 1.27 bits per heavy atom. The third-order valence-corrected chi connectivity index (χ3v) is 2.57. The normalized spacial score (nSPS) is 9.73. The van der Waals surface area contributed by atoms with E-state index in [2.05, 4.69) is 10.1 Å². The molecular weight excluding hydrogens is 294 g/mol. The van der Waals surface area contributed by atoms with E-state index in [1.807, 2.05) is 6.92 Å². The van der Waals surface area contributed by atoms with Gasteiger partial charge in [0, 0.05) is 0 Å². The van der Waals surface area contributed by atoms with E-state index in [0.717, 1.165) is 13.5 Å². The molecule has 8 heteroatoms. The smallest absolute Gasteiger partial charge is 0.478 e. The zero-order valence-corrected chi connectivity index (χ0v) is 12.3. The SMILES string of the molecule is CCCCOC(=O)Nc1cccc(C(=O)O)c1OC(=O)OC. The van der Waals surface area contributed by atoms with Crippen molar-refractivity contribution in [1.29, 1.82) is 0 Å². The predicted molar refractivity (Wildman–Crippen MR) is 76.3 cm³/mol. The van der Waals surface area contributed by atoms with Gasteiger partial charge in [0.1, 0.15) is 5.56 Å². The number of anilines is 1. The Morgan fingerprint density at radius 2 is 2.00 bits per heavy atom. The predicted octanol–water partition coefficient (Wildman–Crippen LogP) is 2.88. The summed E-state index contributed by atoms with van der Waals surface area (Å²) in [5.74, 6) is -1.64. The summed E-state index contributed by atoms with van der Waals surface area (Å²) in [5.41, 5.74) is -0.302. The number of hydrogen-bond acceptors (Lipinski definition) is 6. The Morgan fingerprint density at radius 3 is 2.59 bits per heavy atom. The van der Waals surface area contributed by atoms with Crippen LogP contribution < -0.4 is 10.1 Å². The molecular formula is C14H17NO7. The molecule has 0 aliphatic carbocycles. The first-order valence-corrected chi connectivity index (χ1v) is 6.55. The Balaban J connectivity index is 2.97. The highest BCUT2D eigenvalue weighted by molar-refractivity contribution is 5.97. The molecule has 2 N–H and O–H groups in total. The minimum absolute atomic E-state index is 0.00759. The summed E-state index contributed by atoms with van der Waals surface area (Å²) in [6, 6.07) is 4.01. The maximum Gasteiger partial charge on any atom is 0.513 e. The number of ether oxygens (including phenoxy) is 3. The third-order valence-electron chi connectivity index (χ3n) is 2.57. The number of rotatable bonds is 6. The average molecular weight is 311 g/mol. The van der Waals surface area contributed by atoms with Crippen LogP contribution in [-0.2, 0) is 9.47 Å². The number of benzene rings is 1. The van der Waals surface area contributed by atoms with Crippen LogP contribution in [0.15, 0.2) is 18.2 Å². The van der Waals surface area contributed by atoms with Gasteiger partial charge in [0.25, 0.3) is 0 Å². The summed E-state index contributed by atoms with van der Waals surface area (Å²) in [6.45, 7) is 2.17. The Kier molecular flexibility index (Phi) is 6.68. The number of carbonyl (C=O) groups is 3. The molecule has 0 aliphatic rings. The first kappa shape index (κ1) is 17.3. The van der Waals surface area contributed by atoms with E-state index >= 15 is 0 Å². The number of nitrogens with one attached hydrogen (secondary N) is 1. The van der Waals surface area contributed by atoms with Gasteiger partial charge in [-0.05, 0) is 18.6 Å². The summed E-state index contributed by atoms with van der Waals surface area (Å²) in [6.07, 6.45) is -0.311. The van der Waals surface area contributed by atoms with Crippen LogP contribution in [0.4, 0.5) is 15.3 Å². The molecule has 120 valence electrons. The number of aromatic carboxylic acids is 1. The van der Waals surface area contributed by atoms with Crippen LogP contribution in [0.2, 0.25) is 0 Å². The molecule has 0 bridgehead atoms. The second-order valence-corrected chi connectivity index (χ2v) is 4.16. The van der Waals surface area contributed by atoms with Gasteiger partial charge in [-0.25, -0.2) is 14.4 Å². The maximum absolute atomic E-state index is 11.6. The molecule has 0 heterocycles. The zero-order chi connectivity index (χ0) is 16.5. The van der Waals surface area contributed by atoms with Crippen molar-refractivity contribution < 1.29 is 33.7 Å². The van der Waals surface area contributed by atoms with Gasteiger partial charge < -0.3 is 19.3 Å².